The first-order valence-corrected chi connectivity index (χ1v) is 30.7. The maximum Gasteiger partial charge on any atom is 0.329 e. The molecule has 0 spiro atoms. The molecule has 10 atom stereocenters. The summed E-state index contributed by atoms with van der Waals surface area (Å²) in [6.45, 7) is 18.1. The highest BCUT2D eigenvalue weighted by Crippen LogP contribution is 2.37. The Morgan fingerprint density at radius 2 is 1.02 bits per heavy atom. The number of nitrogens with one attached hydrogen (secondary N) is 4. The van der Waals surface area contributed by atoms with Gasteiger partial charge in [0.15, 0.2) is 11.3 Å². The van der Waals surface area contributed by atoms with Gasteiger partial charge >= 0.3 is 11.9 Å². The van der Waals surface area contributed by atoms with Crippen molar-refractivity contribution >= 4 is 93.5 Å². The van der Waals surface area contributed by atoms with Crippen molar-refractivity contribution in [2.45, 2.75) is 169 Å². The molecule has 0 radical (unpaired) electrons. The van der Waals surface area contributed by atoms with Gasteiger partial charge in [-0.15, -0.1) is 0 Å². The van der Waals surface area contributed by atoms with Gasteiger partial charge in [-0.1, -0.05) is 55.4 Å². The summed E-state index contributed by atoms with van der Waals surface area (Å²) in [7, 11) is 5.56. The third-order valence-electron chi connectivity index (χ3n) is 17.7. The van der Waals surface area contributed by atoms with Crippen LogP contribution in [-0.4, -0.2) is 220 Å². The summed E-state index contributed by atoms with van der Waals surface area (Å²) in [6.07, 6.45) is -1.74. The second-order valence-corrected chi connectivity index (χ2v) is 25.8. The van der Waals surface area contributed by atoms with Gasteiger partial charge in [-0.3, -0.25) is 52.7 Å². The van der Waals surface area contributed by atoms with Crippen LogP contribution in [0.5, 0.6) is 0 Å². The summed E-state index contributed by atoms with van der Waals surface area (Å²) in [5.41, 5.74) is 9.45. The van der Waals surface area contributed by atoms with Crippen LogP contribution in [0.15, 0.2) is 15.3 Å². The Balaban J connectivity index is 1.34. The van der Waals surface area contributed by atoms with E-state index in [1.165, 1.54) is 81.6 Å². The molecule has 0 bridgehead atoms. The third kappa shape index (κ3) is 13.9. The molecule has 7 rings (SSSR count). The standard InChI is InChI=1S/C62H87N13O16/c1-26(2)42-59(85)74-21-17-19-36(74)57(83)70(13)24-38(76)72(15)48(28(5)6)61(87)89-32(11)44(55(81)66-42)68-53(79)34-23-35(63)30(9)51-46(34)65-47-40(41(64)50(78)31(10)52(47)91-51)54(80)69-45-33(12)90-62(88)49(29(7)8)73(16)39(77)25-71(14)58(84)37-20-18-22-75(37)60(86)43(27(3)4)67-56(45)82/h23,26-29,32-33,36-37,42-45,48-49H,17-22,24-25,63-64H2,1-16H3,(H,66,81)(H,67,82)(H,68,79)(H,69,80)/t32-,33-,36+,37+,42?,43?,44?,45+,48+,49+/m1/s1. The number of amides is 10. The van der Waals surface area contributed by atoms with E-state index in [1.807, 2.05) is 0 Å². The molecular weight excluding hydrogens is 1180 g/mol. The molecule has 3 unspecified atom stereocenters. The van der Waals surface area contributed by atoms with Crippen LogP contribution in [0.4, 0.5) is 11.4 Å². The van der Waals surface area contributed by atoms with Gasteiger partial charge in [-0.2, -0.15) is 0 Å². The molecule has 29 nitrogen and oxygen atoms in total. The Bertz CT molecular complexity index is 3470. The molecule has 5 heterocycles. The molecule has 0 aromatic heterocycles. The molecule has 0 saturated carbocycles. The van der Waals surface area contributed by atoms with Gasteiger partial charge in [0.1, 0.15) is 71.8 Å². The minimum absolute atomic E-state index is 0.0571. The van der Waals surface area contributed by atoms with Gasteiger partial charge in [0.25, 0.3) is 11.8 Å². The monoisotopic (exact) mass is 1270 g/mol. The number of benzene rings is 2. The van der Waals surface area contributed by atoms with Gasteiger partial charge in [-0.25, -0.2) is 14.6 Å². The van der Waals surface area contributed by atoms with Crippen LogP contribution in [0.2, 0.25) is 0 Å². The van der Waals surface area contributed by atoms with Crippen LogP contribution in [-0.2, 0) is 57.4 Å². The zero-order chi connectivity index (χ0) is 67.8. The van der Waals surface area contributed by atoms with Crippen molar-refractivity contribution in [3.05, 3.63) is 38.5 Å². The lowest BCUT2D eigenvalue weighted by Crippen LogP contribution is -2.61. The predicted molar refractivity (Wildman–Crippen MR) is 330 cm³/mol. The summed E-state index contributed by atoms with van der Waals surface area (Å²) in [5.74, 6) is -12.7. The fraction of sp³-hybridized carbons (Fsp3) is 0.613. The normalized spacial score (nSPS) is 26.1. The van der Waals surface area contributed by atoms with Gasteiger partial charge in [0, 0.05) is 58.1 Å². The van der Waals surface area contributed by atoms with Gasteiger partial charge < -0.3 is 76.0 Å². The van der Waals surface area contributed by atoms with Crippen LogP contribution in [0.25, 0.3) is 22.6 Å². The lowest BCUT2D eigenvalue weighted by molar-refractivity contribution is -0.163. The van der Waals surface area contributed by atoms with Crippen LogP contribution in [0.3, 0.4) is 0 Å². The van der Waals surface area contributed by atoms with Crippen molar-refractivity contribution in [1.82, 2.24) is 55.7 Å². The Hall–Kier alpha value is -8.92. The van der Waals surface area contributed by atoms with Crippen LogP contribution >= 0.6 is 0 Å². The number of nitrogens with two attached hydrogens (primary N) is 2. The minimum atomic E-state index is -1.90. The van der Waals surface area contributed by atoms with Crippen molar-refractivity contribution in [3.8, 4) is 11.5 Å². The van der Waals surface area contributed by atoms with E-state index >= 15 is 9.59 Å². The van der Waals surface area contributed by atoms with Gasteiger partial charge in [0.05, 0.1) is 29.9 Å². The smallest absolute Gasteiger partial charge is 0.329 e. The zero-order valence-electron chi connectivity index (χ0n) is 54.6. The Morgan fingerprint density at radius 3 is 1.43 bits per heavy atom. The van der Waals surface area contributed by atoms with E-state index in [-0.39, 0.29) is 59.6 Å². The quantitative estimate of drug-likeness (QED) is 0.100. The van der Waals surface area contributed by atoms with E-state index in [9.17, 15) is 52.7 Å². The highest BCUT2D eigenvalue weighted by atomic mass is 16.6. The number of likely N-dealkylation sites (N-methyl/N-ethyl adjacent to an activating group) is 4. The third-order valence-corrected chi connectivity index (χ3v) is 17.7. The molecule has 8 N–H and O–H groups in total. The Morgan fingerprint density at radius 1 is 0.604 bits per heavy atom. The van der Waals surface area contributed by atoms with Crippen LogP contribution in [0, 0.1) is 37.5 Å². The van der Waals surface area contributed by atoms with Crippen molar-refractivity contribution in [1.29, 1.82) is 0 Å². The number of carbonyl (C=O) groups excluding carboxylic acids is 12. The molecule has 10 amide bonds. The number of nitrogens with zero attached hydrogens (tertiary/aromatic N) is 7. The van der Waals surface area contributed by atoms with Crippen molar-refractivity contribution < 1.29 is 71.4 Å². The molecule has 1 aromatic carbocycles. The fourth-order valence-electron chi connectivity index (χ4n) is 12.4. The summed E-state index contributed by atoms with van der Waals surface area (Å²) in [4.78, 5) is 200. The summed E-state index contributed by atoms with van der Waals surface area (Å²) < 4.78 is 18.3. The highest BCUT2D eigenvalue weighted by Gasteiger charge is 2.47. The van der Waals surface area contributed by atoms with Crippen molar-refractivity contribution in [2.24, 2.45) is 23.7 Å². The lowest BCUT2D eigenvalue weighted by atomic mass is 9.98. The van der Waals surface area contributed by atoms with E-state index < -0.39 is 196 Å². The maximum absolute atomic E-state index is 15.2. The number of carbonyl (C=O) groups is 12. The molecule has 496 valence electrons. The highest BCUT2D eigenvalue weighted by molar-refractivity contribution is 6.11. The number of nitrogen functional groups attached to an aromatic ring is 2. The molecule has 4 saturated heterocycles. The van der Waals surface area contributed by atoms with E-state index in [2.05, 4.69) is 21.3 Å². The molecule has 29 heteroatoms. The SMILES string of the molecule is Cc1c2oc3c(C)c(N)cc(C(=O)NC4C(=O)NC(C(C)C)C(=O)N5CCC[C@H]5C(=O)N(C)CC(=O)N(C)[C@@H](C(C)C)C(=O)O[C@@H]4C)c3nc-2c(C(=O)N[C@@H]2C(=O)NC(C(C)C)C(=O)N3CCC[C@H]3C(=O)N(C)CC(=O)N(C)[C@@H](C(C)C)C(=O)O[C@@H]2C)c(N)c1=O. The molecule has 91 heavy (non-hydrogen) atoms. The van der Waals surface area contributed by atoms with Gasteiger partial charge in [-0.05, 0) is 83.1 Å². The van der Waals surface area contributed by atoms with E-state index in [0.29, 0.717) is 12.8 Å². The largest absolute Gasteiger partial charge is 0.458 e. The molecule has 6 aliphatic rings. The average Bonchev–Trinajstić information content (AvgIpc) is 1.33. The summed E-state index contributed by atoms with van der Waals surface area (Å²) in [6, 6.07) is -9.67. The summed E-state index contributed by atoms with van der Waals surface area (Å²) in [5, 5.41) is 10.6. The molecule has 1 aliphatic carbocycles. The number of ether oxygens (including phenoxy) is 2. The van der Waals surface area contributed by atoms with E-state index in [4.69, 9.17) is 30.3 Å². The first kappa shape index (κ1) is 69.6. The number of anilines is 2. The van der Waals surface area contributed by atoms with Crippen molar-refractivity contribution in [2.75, 3.05) is 65.8 Å². The fourth-order valence-corrected chi connectivity index (χ4v) is 12.4. The number of hydrogen-bond donors (Lipinski definition) is 6. The maximum atomic E-state index is 15.2. The number of cyclic esters (lactones) is 2. The van der Waals surface area contributed by atoms with E-state index in [1.54, 1.807) is 55.4 Å². The summed E-state index contributed by atoms with van der Waals surface area (Å²) >= 11 is 0. The number of hydrogen-bond acceptors (Lipinski definition) is 19. The second kappa shape index (κ2) is 27.7. The Kier molecular flexibility index (Phi) is 21.1. The number of fused-ring (bicyclic) bond motifs is 4. The predicted octanol–water partition coefficient (Wildman–Crippen LogP) is 0.308. The number of rotatable bonds is 8. The minimum Gasteiger partial charge on any atom is -0.458 e. The number of aromatic nitrogens is 1. The Labute approximate surface area is 527 Å². The zero-order valence-corrected chi connectivity index (χ0v) is 54.6. The van der Waals surface area contributed by atoms with Crippen LogP contribution < -0.4 is 38.2 Å². The number of aryl methyl sites for hydroxylation is 1. The lowest BCUT2D eigenvalue weighted by Gasteiger charge is -2.36. The van der Waals surface area contributed by atoms with Crippen LogP contribution in [0.1, 0.15) is 127 Å². The van der Waals surface area contributed by atoms with Crippen molar-refractivity contribution in [3.63, 3.8) is 0 Å². The molecule has 1 aromatic rings. The average molecular weight is 1270 g/mol. The van der Waals surface area contributed by atoms with E-state index in [0.717, 1.165) is 9.80 Å². The first-order valence-electron chi connectivity index (χ1n) is 30.7. The molecule has 4 fully saturated rings. The number of esters is 2. The first-order chi connectivity index (χ1) is 42.5. The topological polar surface area (TPSA) is 386 Å². The van der Waals surface area contributed by atoms with Gasteiger partial charge in [0.2, 0.25) is 52.7 Å². The second-order valence-electron chi connectivity index (χ2n) is 25.8. The molecular formula is C62H87N13O16. The molecule has 5 aliphatic heterocycles.